The lowest BCUT2D eigenvalue weighted by atomic mass is 10.2. The minimum Gasteiger partial charge on any atom is -0.0985 e. The largest absolute Gasteiger partial charge is 0.180 e. The summed E-state index contributed by atoms with van der Waals surface area (Å²) >= 11 is 0. The summed E-state index contributed by atoms with van der Waals surface area (Å²) in [4.78, 5) is 0. The predicted octanol–water partition coefficient (Wildman–Crippen LogP) is 3.58. The van der Waals surface area contributed by atoms with Crippen molar-refractivity contribution < 1.29 is 0 Å². The third-order valence-electron chi connectivity index (χ3n) is 4.22. The molecule has 80 valence electrons. The Hall–Kier alpha value is -1.86. The van der Waals surface area contributed by atoms with Gasteiger partial charge in [-0.2, -0.15) is 0 Å². The summed E-state index contributed by atoms with van der Waals surface area (Å²) in [6, 6.07) is 0. The van der Waals surface area contributed by atoms with Crippen LogP contribution in [0.3, 0.4) is 0 Å². The molecule has 0 radical (unpaired) electrons. The molecule has 0 saturated carbocycles. The van der Waals surface area contributed by atoms with Crippen molar-refractivity contribution in [3.05, 3.63) is 93.7 Å². The molecule has 0 aromatic carbocycles. The van der Waals surface area contributed by atoms with Gasteiger partial charge in [-0.3, -0.25) is 0 Å². The number of rotatable bonds is 2. The molecule has 0 saturated heterocycles. The van der Waals surface area contributed by atoms with Crippen LogP contribution in [0.25, 0.3) is 0 Å². The van der Waals surface area contributed by atoms with E-state index in [-0.39, 0.29) is 0 Å². The van der Waals surface area contributed by atoms with Crippen molar-refractivity contribution in [2.24, 2.45) is 0 Å². The summed E-state index contributed by atoms with van der Waals surface area (Å²) in [5.74, 6) is 0. The predicted molar refractivity (Wildman–Crippen MR) is 74.6 cm³/mol. The average molecular weight is 232 g/mol. The van der Waals surface area contributed by atoms with Crippen molar-refractivity contribution in [3.63, 3.8) is 0 Å². The zero-order chi connectivity index (χ0) is 11.6. The fraction of sp³-hybridized carbons (Fsp3) is 0. The molecule has 0 atom stereocenters. The van der Waals surface area contributed by atoms with Gasteiger partial charge in [-0.25, -0.2) is 0 Å². The molecule has 0 aliphatic carbocycles. The molecule has 17 heavy (non-hydrogen) atoms. The maximum Gasteiger partial charge on any atom is 0.180 e. The number of allylic oxidation sites excluding steroid dienone is 14. The van der Waals surface area contributed by atoms with Crippen LogP contribution in [0.2, 0.25) is 0 Å². The van der Waals surface area contributed by atoms with Gasteiger partial charge in [0, 0.05) is 0 Å². The first-order chi connectivity index (χ1) is 8.32. The maximum atomic E-state index is 3.94. The van der Waals surface area contributed by atoms with Gasteiger partial charge in [0.25, 0.3) is 0 Å². The van der Waals surface area contributed by atoms with Gasteiger partial charge in [-0.05, 0) is 31.9 Å². The average Bonchev–Trinajstić information content (AvgIpc) is 3.10. The van der Waals surface area contributed by atoms with E-state index in [4.69, 9.17) is 0 Å². The van der Waals surface area contributed by atoms with E-state index in [1.165, 1.54) is 31.9 Å². The van der Waals surface area contributed by atoms with Gasteiger partial charge >= 0.3 is 0 Å². The second-order valence-electron chi connectivity index (χ2n) is 4.76. The second kappa shape index (κ2) is 2.69. The molecule has 0 amide bonds. The Bertz CT molecular complexity index is 612. The first kappa shape index (κ1) is 9.20. The van der Waals surface area contributed by atoms with E-state index >= 15 is 0 Å². The molecule has 0 N–H and O–H groups in total. The first-order valence-electron chi connectivity index (χ1n) is 5.87. The quantitative estimate of drug-likeness (QED) is 0.638. The standard InChI is InChI=1S/C16H12Si/c1-3-11-9-13-5-7-15(11)17(13)14-6-8-16(17)12(4-2)10-14/h3-10H,1-2H2. The molecule has 4 bridgehead atoms. The fourth-order valence-electron chi connectivity index (χ4n) is 3.55. The van der Waals surface area contributed by atoms with E-state index < -0.39 is 8.07 Å². The van der Waals surface area contributed by atoms with Crippen LogP contribution in [0.5, 0.6) is 0 Å². The SMILES string of the molecule is C=CC1=C2C=CC(=C1)[Si]21C2=CC(C=C)=C1C=C2. The zero-order valence-electron chi connectivity index (χ0n) is 9.53. The molecule has 1 heteroatoms. The smallest absolute Gasteiger partial charge is 0.0985 e. The Balaban J connectivity index is 2.08. The van der Waals surface area contributed by atoms with Gasteiger partial charge in [0.05, 0.1) is 0 Å². The van der Waals surface area contributed by atoms with Crippen LogP contribution in [-0.2, 0) is 0 Å². The minimum absolute atomic E-state index is 1.33. The number of hydrogen-bond donors (Lipinski definition) is 0. The highest BCUT2D eigenvalue weighted by molar-refractivity contribution is 7.09. The van der Waals surface area contributed by atoms with E-state index in [9.17, 15) is 0 Å². The van der Waals surface area contributed by atoms with Gasteiger partial charge in [0.2, 0.25) is 0 Å². The van der Waals surface area contributed by atoms with E-state index in [2.05, 4.69) is 49.6 Å². The highest BCUT2D eigenvalue weighted by Crippen LogP contribution is 2.56. The van der Waals surface area contributed by atoms with E-state index in [1.54, 1.807) is 0 Å². The van der Waals surface area contributed by atoms with Crippen molar-refractivity contribution in [1.29, 1.82) is 0 Å². The molecule has 4 aliphatic rings. The third-order valence-corrected chi connectivity index (χ3v) is 9.10. The molecule has 0 fully saturated rings. The summed E-state index contributed by atoms with van der Waals surface area (Å²) in [6.07, 6.45) is 17.8. The van der Waals surface area contributed by atoms with Crippen molar-refractivity contribution >= 4 is 8.07 Å². The summed E-state index contributed by atoms with van der Waals surface area (Å²) < 4.78 is 0. The normalized spacial score (nSPS) is 25.2. The van der Waals surface area contributed by atoms with Crippen molar-refractivity contribution in [2.45, 2.75) is 0 Å². The molecule has 0 aromatic heterocycles. The second-order valence-corrected chi connectivity index (χ2v) is 8.49. The van der Waals surface area contributed by atoms with Gasteiger partial charge < -0.3 is 0 Å². The van der Waals surface area contributed by atoms with Gasteiger partial charge in [0.15, 0.2) is 8.07 Å². The lowest BCUT2D eigenvalue weighted by Crippen LogP contribution is -2.34. The maximum absolute atomic E-state index is 3.94. The molecule has 4 heterocycles. The number of hydrogen-bond acceptors (Lipinski definition) is 0. The molecule has 4 rings (SSSR count). The van der Waals surface area contributed by atoms with Crippen LogP contribution >= 0.6 is 0 Å². The summed E-state index contributed by atoms with van der Waals surface area (Å²) in [5, 5.41) is 6.08. The lowest BCUT2D eigenvalue weighted by molar-refractivity contribution is 1.64. The topological polar surface area (TPSA) is 0 Å². The van der Waals surface area contributed by atoms with Gasteiger partial charge in [-0.15, -0.1) is 0 Å². The van der Waals surface area contributed by atoms with Crippen LogP contribution in [-0.4, -0.2) is 8.07 Å². The Morgan fingerprint density at radius 2 is 1.24 bits per heavy atom. The summed E-state index contributed by atoms with van der Waals surface area (Å²) in [6.45, 7) is 7.87. The summed E-state index contributed by atoms with van der Waals surface area (Å²) in [7, 11) is -1.71. The summed E-state index contributed by atoms with van der Waals surface area (Å²) in [5.41, 5.74) is 2.65. The fourth-order valence-corrected chi connectivity index (χ4v) is 8.71. The van der Waals surface area contributed by atoms with Gasteiger partial charge in [0.1, 0.15) is 0 Å². The first-order valence-corrected chi connectivity index (χ1v) is 7.87. The van der Waals surface area contributed by atoms with E-state index in [1.807, 2.05) is 12.2 Å². The van der Waals surface area contributed by atoms with Crippen LogP contribution in [0, 0.1) is 0 Å². The van der Waals surface area contributed by atoms with Crippen molar-refractivity contribution in [2.75, 3.05) is 0 Å². The molecule has 0 unspecified atom stereocenters. The van der Waals surface area contributed by atoms with Crippen LogP contribution in [0.4, 0.5) is 0 Å². The zero-order valence-corrected chi connectivity index (χ0v) is 10.5. The Morgan fingerprint density at radius 1 is 0.765 bits per heavy atom. The minimum atomic E-state index is -1.71. The van der Waals surface area contributed by atoms with E-state index in [0.717, 1.165) is 0 Å². The molecule has 0 aromatic rings. The van der Waals surface area contributed by atoms with E-state index in [0.29, 0.717) is 0 Å². The molecule has 4 aliphatic heterocycles. The van der Waals surface area contributed by atoms with Crippen molar-refractivity contribution in [1.82, 2.24) is 0 Å². The van der Waals surface area contributed by atoms with Crippen LogP contribution in [0.1, 0.15) is 0 Å². The monoisotopic (exact) mass is 232 g/mol. The van der Waals surface area contributed by atoms with Crippen LogP contribution < -0.4 is 0 Å². The Morgan fingerprint density at radius 3 is 1.59 bits per heavy atom. The Kier molecular flexibility index (Phi) is 1.45. The molecule has 0 nitrogen and oxygen atoms in total. The Labute approximate surface area is 102 Å². The molecular formula is C16H12Si. The van der Waals surface area contributed by atoms with Gasteiger partial charge in [-0.1, -0.05) is 61.8 Å². The van der Waals surface area contributed by atoms with Crippen LogP contribution in [0.15, 0.2) is 93.7 Å². The highest BCUT2D eigenvalue weighted by atomic mass is 28.3. The molecule has 1 spiro atoms. The lowest BCUT2D eigenvalue weighted by Gasteiger charge is -2.23. The third kappa shape index (κ3) is 0.766. The molecular weight excluding hydrogens is 220 g/mol. The van der Waals surface area contributed by atoms with Crippen molar-refractivity contribution in [3.8, 4) is 0 Å². The highest BCUT2D eigenvalue weighted by Gasteiger charge is 2.55.